The van der Waals surface area contributed by atoms with Gasteiger partial charge < -0.3 is 25.0 Å². The Balaban J connectivity index is 2.02. The first-order valence-corrected chi connectivity index (χ1v) is 5.77. The van der Waals surface area contributed by atoms with Crippen LogP contribution in [0.4, 0.5) is 4.79 Å². The van der Waals surface area contributed by atoms with Crippen LogP contribution < -0.4 is 5.32 Å². The molecule has 2 saturated heterocycles. The highest BCUT2D eigenvalue weighted by Crippen LogP contribution is 2.11. The molecule has 96 valence electrons. The number of nitrogens with one attached hydrogen (secondary N) is 1. The van der Waals surface area contributed by atoms with E-state index in [2.05, 4.69) is 5.32 Å². The van der Waals surface area contributed by atoms with Gasteiger partial charge in [0.15, 0.2) is 6.04 Å². The Morgan fingerprint density at radius 2 is 1.94 bits per heavy atom. The lowest BCUT2D eigenvalue weighted by atomic mass is 10.2. The molecular weight excluding hydrogens is 226 g/mol. The summed E-state index contributed by atoms with van der Waals surface area (Å²) in [5.74, 6) is -1.01. The SMILES string of the molecule is O=C(O)C1COCCN1C(=O)N1CCNCC1. The van der Waals surface area contributed by atoms with Gasteiger partial charge in [-0.25, -0.2) is 9.59 Å². The van der Waals surface area contributed by atoms with Crippen molar-refractivity contribution in [1.29, 1.82) is 0 Å². The molecule has 7 heteroatoms. The molecule has 0 bridgehead atoms. The van der Waals surface area contributed by atoms with Crippen LogP contribution in [0.15, 0.2) is 0 Å². The number of aliphatic carboxylic acids is 1. The number of amides is 2. The fraction of sp³-hybridized carbons (Fsp3) is 0.800. The summed E-state index contributed by atoms with van der Waals surface area (Å²) < 4.78 is 5.11. The monoisotopic (exact) mass is 243 g/mol. The van der Waals surface area contributed by atoms with Gasteiger partial charge in [-0.3, -0.25) is 0 Å². The van der Waals surface area contributed by atoms with Gasteiger partial charge in [0.25, 0.3) is 0 Å². The van der Waals surface area contributed by atoms with Crippen LogP contribution in [0.5, 0.6) is 0 Å². The van der Waals surface area contributed by atoms with Crippen LogP contribution in [0, 0.1) is 0 Å². The lowest BCUT2D eigenvalue weighted by Crippen LogP contribution is -2.59. The van der Waals surface area contributed by atoms with Crippen LogP contribution in [0.25, 0.3) is 0 Å². The standard InChI is InChI=1S/C10H17N3O4/c14-9(15)8-7-17-6-5-13(8)10(16)12-3-1-11-2-4-12/h8,11H,1-7H2,(H,14,15). The van der Waals surface area contributed by atoms with Crippen LogP contribution >= 0.6 is 0 Å². The molecule has 2 amide bonds. The zero-order valence-corrected chi connectivity index (χ0v) is 9.59. The van der Waals surface area contributed by atoms with Gasteiger partial charge in [0, 0.05) is 32.7 Å². The Kier molecular flexibility index (Phi) is 3.80. The lowest BCUT2D eigenvalue weighted by Gasteiger charge is -2.38. The lowest BCUT2D eigenvalue weighted by molar-refractivity contribution is -0.147. The Morgan fingerprint density at radius 1 is 1.24 bits per heavy atom. The number of morpholine rings is 1. The van der Waals surface area contributed by atoms with Crippen LogP contribution in [0.3, 0.4) is 0 Å². The minimum atomic E-state index is -1.01. The van der Waals surface area contributed by atoms with Crippen LogP contribution in [0.1, 0.15) is 0 Å². The van der Waals surface area contributed by atoms with E-state index in [1.165, 1.54) is 4.90 Å². The van der Waals surface area contributed by atoms with Crippen molar-refractivity contribution in [3.05, 3.63) is 0 Å². The van der Waals surface area contributed by atoms with E-state index < -0.39 is 12.0 Å². The fourth-order valence-corrected chi connectivity index (χ4v) is 2.07. The smallest absolute Gasteiger partial charge is 0.328 e. The highest BCUT2D eigenvalue weighted by atomic mass is 16.5. The molecule has 2 N–H and O–H groups in total. The maximum absolute atomic E-state index is 12.2. The molecule has 0 saturated carbocycles. The summed E-state index contributed by atoms with van der Waals surface area (Å²) in [5.41, 5.74) is 0. The van der Waals surface area contributed by atoms with Crippen molar-refractivity contribution in [2.24, 2.45) is 0 Å². The van der Waals surface area contributed by atoms with E-state index in [1.54, 1.807) is 4.90 Å². The molecule has 0 spiro atoms. The molecule has 7 nitrogen and oxygen atoms in total. The van der Waals surface area contributed by atoms with Crippen LogP contribution in [-0.2, 0) is 9.53 Å². The molecule has 0 aromatic carbocycles. The molecule has 0 radical (unpaired) electrons. The number of carboxylic acids is 1. The largest absolute Gasteiger partial charge is 0.480 e. The Bertz CT molecular complexity index is 304. The topological polar surface area (TPSA) is 82.1 Å². The molecule has 0 aliphatic carbocycles. The number of hydrogen-bond donors (Lipinski definition) is 2. The average Bonchev–Trinajstić information content (AvgIpc) is 2.39. The highest BCUT2D eigenvalue weighted by molar-refractivity contribution is 5.83. The predicted octanol–water partition coefficient (Wildman–Crippen LogP) is -1.20. The number of hydrogen-bond acceptors (Lipinski definition) is 4. The van der Waals surface area contributed by atoms with Crippen molar-refractivity contribution in [2.75, 3.05) is 45.9 Å². The van der Waals surface area contributed by atoms with Crippen molar-refractivity contribution in [2.45, 2.75) is 6.04 Å². The van der Waals surface area contributed by atoms with E-state index in [0.29, 0.717) is 26.2 Å². The Hall–Kier alpha value is -1.34. The summed E-state index contributed by atoms with van der Waals surface area (Å²) in [6.07, 6.45) is 0. The van der Waals surface area contributed by atoms with Gasteiger partial charge in [-0.1, -0.05) is 0 Å². The number of carboxylic acid groups (broad SMARTS) is 1. The third-order valence-electron chi connectivity index (χ3n) is 3.05. The van der Waals surface area contributed by atoms with E-state index >= 15 is 0 Å². The van der Waals surface area contributed by atoms with Gasteiger partial charge in [0.1, 0.15) is 0 Å². The molecular formula is C10H17N3O4. The minimum absolute atomic E-state index is 0.0766. The number of carbonyl (C=O) groups excluding carboxylic acids is 1. The van der Waals surface area contributed by atoms with Gasteiger partial charge in [-0.2, -0.15) is 0 Å². The zero-order chi connectivity index (χ0) is 12.3. The second-order valence-electron chi connectivity index (χ2n) is 4.14. The molecule has 2 heterocycles. The van der Waals surface area contributed by atoms with Crippen molar-refractivity contribution in [3.8, 4) is 0 Å². The third-order valence-corrected chi connectivity index (χ3v) is 3.05. The third kappa shape index (κ3) is 2.67. The van der Waals surface area contributed by atoms with E-state index in [1.807, 2.05) is 0 Å². The predicted molar refractivity (Wildman–Crippen MR) is 58.8 cm³/mol. The van der Waals surface area contributed by atoms with Gasteiger partial charge in [-0.15, -0.1) is 0 Å². The summed E-state index contributed by atoms with van der Waals surface area (Å²) in [6.45, 7) is 3.60. The first-order valence-electron chi connectivity index (χ1n) is 5.77. The van der Waals surface area contributed by atoms with E-state index in [0.717, 1.165) is 13.1 Å². The molecule has 17 heavy (non-hydrogen) atoms. The summed E-state index contributed by atoms with van der Waals surface area (Å²) in [7, 11) is 0. The van der Waals surface area contributed by atoms with Gasteiger partial charge in [-0.05, 0) is 0 Å². The van der Waals surface area contributed by atoms with E-state index in [4.69, 9.17) is 9.84 Å². The first-order chi connectivity index (χ1) is 8.20. The quantitative estimate of drug-likeness (QED) is 0.604. The zero-order valence-electron chi connectivity index (χ0n) is 9.59. The molecule has 0 aromatic heterocycles. The first kappa shape index (κ1) is 12.1. The summed E-state index contributed by atoms with van der Waals surface area (Å²) in [4.78, 5) is 26.3. The number of nitrogens with zero attached hydrogens (tertiary/aromatic N) is 2. The Labute approximate surface area is 99.3 Å². The Morgan fingerprint density at radius 3 is 2.59 bits per heavy atom. The van der Waals surface area contributed by atoms with Crippen molar-refractivity contribution in [1.82, 2.24) is 15.1 Å². The molecule has 0 aromatic rings. The van der Waals surface area contributed by atoms with E-state index in [-0.39, 0.29) is 12.6 Å². The molecule has 1 atom stereocenters. The fourth-order valence-electron chi connectivity index (χ4n) is 2.07. The second kappa shape index (κ2) is 5.33. The van der Waals surface area contributed by atoms with Gasteiger partial charge in [0.2, 0.25) is 0 Å². The molecule has 2 rings (SSSR count). The number of urea groups is 1. The number of carbonyl (C=O) groups is 2. The average molecular weight is 243 g/mol. The summed E-state index contributed by atoms with van der Waals surface area (Å²) in [5, 5.41) is 12.2. The maximum atomic E-state index is 12.2. The van der Waals surface area contributed by atoms with Crippen molar-refractivity contribution in [3.63, 3.8) is 0 Å². The normalized spacial score (nSPS) is 25.8. The molecule has 1 unspecified atom stereocenters. The highest BCUT2D eigenvalue weighted by Gasteiger charge is 2.35. The van der Waals surface area contributed by atoms with Gasteiger partial charge in [0.05, 0.1) is 13.2 Å². The maximum Gasteiger partial charge on any atom is 0.328 e. The van der Waals surface area contributed by atoms with Gasteiger partial charge >= 0.3 is 12.0 Å². The minimum Gasteiger partial charge on any atom is -0.480 e. The van der Waals surface area contributed by atoms with Crippen LogP contribution in [-0.4, -0.2) is 78.9 Å². The van der Waals surface area contributed by atoms with Crippen LogP contribution in [0.2, 0.25) is 0 Å². The van der Waals surface area contributed by atoms with Crippen molar-refractivity contribution >= 4 is 12.0 Å². The number of rotatable bonds is 1. The summed E-state index contributed by atoms with van der Waals surface area (Å²) >= 11 is 0. The summed E-state index contributed by atoms with van der Waals surface area (Å²) in [6, 6.07) is -1.05. The molecule has 2 fully saturated rings. The van der Waals surface area contributed by atoms with Crippen molar-refractivity contribution < 1.29 is 19.4 Å². The molecule has 2 aliphatic heterocycles. The number of piperazine rings is 1. The molecule has 2 aliphatic rings. The number of ether oxygens (including phenoxy) is 1. The second-order valence-corrected chi connectivity index (χ2v) is 4.14. The van der Waals surface area contributed by atoms with E-state index in [9.17, 15) is 9.59 Å².